The summed E-state index contributed by atoms with van der Waals surface area (Å²) in [6, 6.07) is 10.2. The number of aryl methyl sites for hydroxylation is 1. The molecule has 0 radical (unpaired) electrons. The molecule has 2 aromatic rings. The molecule has 0 saturated heterocycles. The van der Waals surface area contributed by atoms with E-state index in [9.17, 15) is 9.59 Å². The Kier molecular flexibility index (Phi) is 5.57. The van der Waals surface area contributed by atoms with Crippen molar-refractivity contribution in [3.8, 4) is 0 Å². The number of anilines is 1. The SMILES string of the molecule is CCc1cccc(NC(=O)[C@@H](NC(=O)c2ccco2)C(C)C)c1. The summed E-state index contributed by atoms with van der Waals surface area (Å²) in [7, 11) is 0. The summed E-state index contributed by atoms with van der Waals surface area (Å²) in [5.41, 5.74) is 1.87. The second-order valence-electron chi connectivity index (χ2n) is 5.72. The molecule has 2 amide bonds. The number of benzene rings is 1. The highest BCUT2D eigenvalue weighted by molar-refractivity contribution is 6.00. The van der Waals surface area contributed by atoms with Gasteiger partial charge in [-0.25, -0.2) is 0 Å². The monoisotopic (exact) mass is 314 g/mol. The van der Waals surface area contributed by atoms with Gasteiger partial charge in [0.2, 0.25) is 5.91 Å². The maximum Gasteiger partial charge on any atom is 0.287 e. The number of carbonyl (C=O) groups excluding carboxylic acids is 2. The molecule has 2 rings (SSSR count). The Morgan fingerprint density at radius 1 is 1.17 bits per heavy atom. The topological polar surface area (TPSA) is 71.3 Å². The van der Waals surface area contributed by atoms with Gasteiger partial charge in [-0.05, 0) is 42.2 Å². The Bertz CT molecular complexity index is 663. The van der Waals surface area contributed by atoms with Gasteiger partial charge in [-0.2, -0.15) is 0 Å². The fraction of sp³-hybridized carbons (Fsp3) is 0.333. The standard InChI is InChI=1S/C18H22N2O3/c1-4-13-7-5-8-14(11-13)19-18(22)16(12(2)3)20-17(21)15-9-6-10-23-15/h5-12,16H,4H2,1-3H3,(H,19,22)(H,20,21)/t16-/m0/s1. The van der Waals surface area contributed by atoms with E-state index in [-0.39, 0.29) is 17.6 Å². The maximum absolute atomic E-state index is 12.5. The zero-order chi connectivity index (χ0) is 16.8. The lowest BCUT2D eigenvalue weighted by molar-refractivity contribution is -0.118. The summed E-state index contributed by atoms with van der Waals surface area (Å²) >= 11 is 0. The van der Waals surface area contributed by atoms with Gasteiger partial charge in [0, 0.05) is 5.69 Å². The number of carbonyl (C=O) groups is 2. The smallest absolute Gasteiger partial charge is 0.287 e. The molecule has 1 aromatic carbocycles. The van der Waals surface area contributed by atoms with Gasteiger partial charge in [0.25, 0.3) is 5.91 Å². The van der Waals surface area contributed by atoms with Crippen LogP contribution in [0.5, 0.6) is 0 Å². The first-order valence-electron chi connectivity index (χ1n) is 7.75. The highest BCUT2D eigenvalue weighted by Crippen LogP contribution is 2.13. The van der Waals surface area contributed by atoms with Crippen LogP contribution in [-0.2, 0) is 11.2 Å². The molecular formula is C18H22N2O3. The third-order valence-electron chi connectivity index (χ3n) is 3.58. The van der Waals surface area contributed by atoms with Crippen LogP contribution in [0.3, 0.4) is 0 Å². The van der Waals surface area contributed by atoms with Crippen molar-refractivity contribution in [2.45, 2.75) is 33.2 Å². The van der Waals surface area contributed by atoms with Crippen LogP contribution in [-0.4, -0.2) is 17.9 Å². The lowest BCUT2D eigenvalue weighted by atomic mass is 10.0. The molecule has 0 unspecified atom stereocenters. The minimum absolute atomic E-state index is 0.0525. The van der Waals surface area contributed by atoms with Gasteiger partial charge in [0.15, 0.2) is 5.76 Å². The summed E-state index contributed by atoms with van der Waals surface area (Å²) in [6.07, 6.45) is 2.32. The molecule has 0 aliphatic heterocycles. The van der Waals surface area contributed by atoms with Crippen molar-refractivity contribution in [1.82, 2.24) is 5.32 Å². The molecule has 0 aliphatic carbocycles. The molecule has 1 atom stereocenters. The molecule has 0 bridgehead atoms. The third kappa shape index (κ3) is 4.45. The third-order valence-corrected chi connectivity index (χ3v) is 3.58. The first kappa shape index (κ1) is 16.8. The highest BCUT2D eigenvalue weighted by Gasteiger charge is 2.25. The van der Waals surface area contributed by atoms with Gasteiger partial charge in [-0.3, -0.25) is 9.59 Å². The van der Waals surface area contributed by atoms with Gasteiger partial charge < -0.3 is 15.1 Å². The van der Waals surface area contributed by atoms with E-state index in [4.69, 9.17) is 4.42 Å². The van der Waals surface area contributed by atoms with Crippen molar-refractivity contribution in [2.24, 2.45) is 5.92 Å². The number of hydrogen-bond donors (Lipinski definition) is 2. The predicted molar refractivity (Wildman–Crippen MR) is 89.2 cm³/mol. The molecule has 0 saturated carbocycles. The van der Waals surface area contributed by atoms with Crippen LogP contribution in [0.1, 0.15) is 36.9 Å². The highest BCUT2D eigenvalue weighted by atomic mass is 16.3. The number of rotatable bonds is 6. The zero-order valence-electron chi connectivity index (χ0n) is 13.6. The average Bonchev–Trinajstić information content (AvgIpc) is 3.06. The van der Waals surface area contributed by atoms with Crippen molar-refractivity contribution in [3.05, 3.63) is 54.0 Å². The Morgan fingerprint density at radius 3 is 2.57 bits per heavy atom. The lowest BCUT2D eigenvalue weighted by Gasteiger charge is -2.21. The van der Waals surface area contributed by atoms with E-state index in [0.29, 0.717) is 0 Å². The molecule has 0 spiro atoms. The van der Waals surface area contributed by atoms with Crippen molar-refractivity contribution in [1.29, 1.82) is 0 Å². The molecule has 1 aromatic heterocycles. The second kappa shape index (κ2) is 7.63. The van der Waals surface area contributed by atoms with E-state index in [2.05, 4.69) is 17.6 Å². The zero-order valence-corrected chi connectivity index (χ0v) is 13.6. The minimum Gasteiger partial charge on any atom is -0.459 e. The first-order chi connectivity index (χ1) is 11.0. The van der Waals surface area contributed by atoms with Crippen LogP contribution in [0, 0.1) is 5.92 Å². The van der Waals surface area contributed by atoms with E-state index in [1.54, 1.807) is 12.1 Å². The Hall–Kier alpha value is -2.56. The van der Waals surface area contributed by atoms with Gasteiger partial charge in [-0.1, -0.05) is 32.9 Å². The number of nitrogens with one attached hydrogen (secondary N) is 2. The summed E-state index contributed by atoms with van der Waals surface area (Å²) in [5.74, 6) is -0.501. The molecule has 5 nitrogen and oxygen atoms in total. The molecule has 1 heterocycles. The first-order valence-corrected chi connectivity index (χ1v) is 7.75. The van der Waals surface area contributed by atoms with Gasteiger partial charge >= 0.3 is 0 Å². The summed E-state index contributed by atoms with van der Waals surface area (Å²) in [5, 5.41) is 5.59. The molecule has 23 heavy (non-hydrogen) atoms. The van der Waals surface area contributed by atoms with Crippen LogP contribution in [0.4, 0.5) is 5.69 Å². The quantitative estimate of drug-likeness (QED) is 0.860. The van der Waals surface area contributed by atoms with Crippen LogP contribution >= 0.6 is 0 Å². The molecule has 5 heteroatoms. The number of furan rings is 1. The van der Waals surface area contributed by atoms with E-state index < -0.39 is 11.9 Å². The fourth-order valence-corrected chi connectivity index (χ4v) is 2.24. The average molecular weight is 314 g/mol. The number of hydrogen-bond acceptors (Lipinski definition) is 3. The second-order valence-corrected chi connectivity index (χ2v) is 5.72. The van der Waals surface area contributed by atoms with Crippen LogP contribution in [0.2, 0.25) is 0 Å². The van der Waals surface area contributed by atoms with E-state index >= 15 is 0 Å². The number of amides is 2. The summed E-state index contributed by atoms with van der Waals surface area (Å²) in [6.45, 7) is 5.83. The molecular weight excluding hydrogens is 292 g/mol. The van der Waals surface area contributed by atoms with Gasteiger partial charge in [0.05, 0.1) is 6.26 Å². The van der Waals surface area contributed by atoms with E-state index in [0.717, 1.165) is 17.7 Å². The minimum atomic E-state index is -0.641. The van der Waals surface area contributed by atoms with Crippen molar-refractivity contribution >= 4 is 17.5 Å². The van der Waals surface area contributed by atoms with Crippen molar-refractivity contribution < 1.29 is 14.0 Å². The summed E-state index contributed by atoms with van der Waals surface area (Å²) in [4.78, 5) is 24.6. The van der Waals surface area contributed by atoms with Gasteiger partial charge in [0.1, 0.15) is 6.04 Å². The Labute approximate surface area is 136 Å². The Balaban J connectivity index is 2.07. The molecule has 0 fully saturated rings. The van der Waals surface area contributed by atoms with Crippen LogP contribution < -0.4 is 10.6 Å². The normalized spacial score (nSPS) is 12.0. The van der Waals surface area contributed by atoms with E-state index in [1.165, 1.54) is 6.26 Å². The van der Waals surface area contributed by atoms with E-state index in [1.807, 2.05) is 38.1 Å². The predicted octanol–water partition coefficient (Wildman–Crippen LogP) is 3.24. The lowest BCUT2D eigenvalue weighted by Crippen LogP contribution is -2.47. The van der Waals surface area contributed by atoms with Crippen molar-refractivity contribution in [2.75, 3.05) is 5.32 Å². The Morgan fingerprint density at radius 2 is 1.96 bits per heavy atom. The van der Waals surface area contributed by atoms with Crippen molar-refractivity contribution in [3.63, 3.8) is 0 Å². The summed E-state index contributed by atoms with van der Waals surface area (Å²) < 4.78 is 5.06. The molecule has 0 aliphatic rings. The molecule has 122 valence electrons. The largest absolute Gasteiger partial charge is 0.459 e. The van der Waals surface area contributed by atoms with Gasteiger partial charge in [-0.15, -0.1) is 0 Å². The fourth-order valence-electron chi connectivity index (χ4n) is 2.24. The van der Waals surface area contributed by atoms with Crippen LogP contribution in [0.25, 0.3) is 0 Å². The van der Waals surface area contributed by atoms with Crippen LogP contribution in [0.15, 0.2) is 47.1 Å². The maximum atomic E-state index is 12.5. The molecule has 2 N–H and O–H groups in total.